The van der Waals surface area contributed by atoms with E-state index in [1.807, 2.05) is 29.4 Å². The zero-order valence-corrected chi connectivity index (χ0v) is 14.6. The van der Waals surface area contributed by atoms with Gasteiger partial charge < -0.3 is 14.2 Å². The SMILES string of the molecule is CC(=O)N1CCC(n2cnc3ccc(Oc4ccc(F)cc4)cc32)CC1. The first-order chi connectivity index (χ1) is 12.6. The summed E-state index contributed by atoms with van der Waals surface area (Å²) in [6.45, 7) is 3.16. The number of benzene rings is 2. The number of piperidine rings is 1. The number of halogens is 1. The van der Waals surface area contributed by atoms with Gasteiger partial charge in [-0.15, -0.1) is 0 Å². The van der Waals surface area contributed by atoms with Crippen molar-refractivity contribution in [2.24, 2.45) is 0 Å². The number of hydrogen-bond donors (Lipinski definition) is 0. The van der Waals surface area contributed by atoms with E-state index in [1.54, 1.807) is 19.1 Å². The number of amides is 1. The van der Waals surface area contributed by atoms with E-state index in [4.69, 9.17) is 4.74 Å². The van der Waals surface area contributed by atoms with Crippen LogP contribution in [0.1, 0.15) is 25.8 Å². The van der Waals surface area contributed by atoms with Crippen molar-refractivity contribution < 1.29 is 13.9 Å². The Bertz CT molecular complexity index is 928. The highest BCUT2D eigenvalue weighted by Crippen LogP contribution is 2.30. The molecule has 1 saturated heterocycles. The lowest BCUT2D eigenvalue weighted by atomic mass is 10.0. The van der Waals surface area contributed by atoms with Gasteiger partial charge in [0, 0.05) is 32.1 Å². The summed E-state index contributed by atoms with van der Waals surface area (Å²) in [5.74, 6) is 1.12. The molecule has 5 nitrogen and oxygen atoms in total. The van der Waals surface area contributed by atoms with Gasteiger partial charge in [0.2, 0.25) is 5.91 Å². The number of rotatable bonds is 3. The van der Waals surface area contributed by atoms with E-state index in [0.29, 0.717) is 17.5 Å². The van der Waals surface area contributed by atoms with Gasteiger partial charge in [-0.25, -0.2) is 9.37 Å². The zero-order chi connectivity index (χ0) is 18.1. The second kappa shape index (κ2) is 6.78. The summed E-state index contributed by atoms with van der Waals surface area (Å²) in [5, 5.41) is 0. The Morgan fingerprint density at radius 3 is 2.50 bits per heavy atom. The van der Waals surface area contributed by atoms with Gasteiger partial charge in [0.05, 0.1) is 17.4 Å². The normalized spacial score (nSPS) is 15.4. The second-order valence-corrected chi connectivity index (χ2v) is 6.60. The third kappa shape index (κ3) is 3.27. The van der Waals surface area contributed by atoms with Crippen LogP contribution in [0.2, 0.25) is 0 Å². The number of nitrogens with zero attached hydrogens (tertiary/aromatic N) is 3. The highest BCUT2D eigenvalue weighted by molar-refractivity contribution is 5.77. The topological polar surface area (TPSA) is 47.4 Å². The van der Waals surface area contributed by atoms with Gasteiger partial charge in [-0.2, -0.15) is 0 Å². The van der Waals surface area contributed by atoms with Crippen molar-refractivity contribution >= 4 is 16.9 Å². The minimum Gasteiger partial charge on any atom is -0.457 e. The molecule has 0 saturated carbocycles. The maximum Gasteiger partial charge on any atom is 0.219 e. The minimum atomic E-state index is -0.289. The number of ether oxygens (including phenoxy) is 1. The molecule has 1 aromatic heterocycles. The maximum absolute atomic E-state index is 13.0. The third-order valence-corrected chi connectivity index (χ3v) is 4.90. The van der Waals surface area contributed by atoms with Crippen molar-refractivity contribution in [2.45, 2.75) is 25.8 Å². The average molecular weight is 353 g/mol. The Labute approximate surface area is 151 Å². The Morgan fingerprint density at radius 1 is 1.12 bits per heavy atom. The summed E-state index contributed by atoms with van der Waals surface area (Å²) >= 11 is 0. The molecular weight excluding hydrogens is 333 g/mol. The number of carbonyl (C=O) groups is 1. The molecule has 4 rings (SSSR count). The van der Waals surface area contributed by atoms with Crippen LogP contribution in [0, 0.1) is 5.82 Å². The molecule has 2 aromatic carbocycles. The number of hydrogen-bond acceptors (Lipinski definition) is 3. The fourth-order valence-electron chi connectivity index (χ4n) is 3.46. The van der Waals surface area contributed by atoms with Crippen molar-refractivity contribution in [3.8, 4) is 11.5 Å². The van der Waals surface area contributed by atoms with Crippen LogP contribution < -0.4 is 4.74 Å². The predicted octanol–water partition coefficient (Wildman–Crippen LogP) is 4.15. The van der Waals surface area contributed by atoms with Crippen molar-refractivity contribution in [1.29, 1.82) is 0 Å². The van der Waals surface area contributed by atoms with Gasteiger partial charge in [0.1, 0.15) is 17.3 Å². The molecule has 3 aromatic rings. The summed E-state index contributed by atoms with van der Waals surface area (Å²) in [6, 6.07) is 12.0. The smallest absolute Gasteiger partial charge is 0.219 e. The van der Waals surface area contributed by atoms with E-state index >= 15 is 0 Å². The average Bonchev–Trinajstić information content (AvgIpc) is 3.07. The predicted molar refractivity (Wildman–Crippen MR) is 96.7 cm³/mol. The van der Waals surface area contributed by atoms with Crippen LogP contribution >= 0.6 is 0 Å². The van der Waals surface area contributed by atoms with Crippen molar-refractivity contribution in [3.63, 3.8) is 0 Å². The maximum atomic E-state index is 13.0. The van der Waals surface area contributed by atoms with Gasteiger partial charge in [0.15, 0.2) is 0 Å². The molecule has 0 radical (unpaired) electrons. The van der Waals surface area contributed by atoms with E-state index in [2.05, 4.69) is 9.55 Å². The van der Waals surface area contributed by atoms with E-state index in [0.717, 1.165) is 37.0 Å². The highest BCUT2D eigenvalue weighted by atomic mass is 19.1. The largest absolute Gasteiger partial charge is 0.457 e. The standard InChI is InChI=1S/C20H20FN3O2/c1-14(25)23-10-8-16(9-11-23)24-13-22-19-7-6-18(12-20(19)24)26-17-4-2-15(21)3-5-17/h2-7,12-13,16H,8-11H2,1H3. The van der Waals surface area contributed by atoms with Crippen LogP contribution in [0.4, 0.5) is 4.39 Å². The van der Waals surface area contributed by atoms with Crippen LogP contribution in [0.3, 0.4) is 0 Å². The van der Waals surface area contributed by atoms with Gasteiger partial charge in [0.25, 0.3) is 0 Å². The Hall–Kier alpha value is -2.89. The van der Waals surface area contributed by atoms with Crippen LogP contribution in [0.5, 0.6) is 11.5 Å². The fourth-order valence-corrected chi connectivity index (χ4v) is 3.46. The van der Waals surface area contributed by atoms with Crippen molar-refractivity contribution in [1.82, 2.24) is 14.5 Å². The van der Waals surface area contributed by atoms with Crippen LogP contribution in [0.15, 0.2) is 48.8 Å². The molecule has 0 bridgehead atoms. The molecule has 2 heterocycles. The molecule has 134 valence electrons. The molecule has 1 amide bonds. The Kier molecular flexibility index (Phi) is 4.32. The quantitative estimate of drug-likeness (QED) is 0.711. The van der Waals surface area contributed by atoms with E-state index in [1.165, 1.54) is 12.1 Å². The summed E-state index contributed by atoms with van der Waals surface area (Å²) in [4.78, 5) is 17.9. The molecule has 1 aliphatic heterocycles. The first-order valence-corrected chi connectivity index (χ1v) is 8.76. The monoisotopic (exact) mass is 353 g/mol. The molecule has 1 fully saturated rings. The molecule has 0 spiro atoms. The van der Waals surface area contributed by atoms with Gasteiger partial charge in [-0.05, 0) is 49.2 Å². The van der Waals surface area contributed by atoms with E-state index in [9.17, 15) is 9.18 Å². The summed E-state index contributed by atoms with van der Waals surface area (Å²) < 4.78 is 21.0. The molecule has 0 unspecified atom stereocenters. The third-order valence-electron chi connectivity index (χ3n) is 4.90. The first-order valence-electron chi connectivity index (χ1n) is 8.76. The molecular formula is C20H20FN3O2. The number of aromatic nitrogens is 2. The molecule has 0 N–H and O–H groups in total. The molecule has 6 heteroatoms. The lowest BCUT2D eigenvalue weighted by molar-refractivity contribution is -0.130. The molecule has 26 heavy (non-hydrogen) atoms. The number of likely N-dealkylation sites (tertiary alicyclic amines) is 1. The van der Waals surface area contributed by atoms with E-state index < -0.39 is 0 Å². The minimum absolute atomic E-state index is 0.133. The van der Waals surface area contributed by atoms with Crippen molar-refractivity contribution in [3.05, 3.63) is 54.6 Å². The van der Waals surface area contributed by atoms with Gasteiger partial charge in [-0.1, -0.05) is 0 Å². The number of carbonyl (C=O) groups excluding carboxylic acids is 1. The first kappa shape index (κ1) is 16.6. The van der Waals surface area contributed by atoms with Gasteiger partial charge in [-0.3, -0.25) is 4.79 Å². The highest BCUT2D eigenvalue weighted by Gasteiger charge is 2.23. The summed E-state index contributed by atoms with van der Waals surface area (Å²) in [5.41, 5.74) is 1.91. The van der Waals surface area contributed by atoms with Gasteiger partial charge >= 0.3 is 0 Å². The molecule has 0 aliphatic carbocycles. The number of imidazole rings is 1. The van der Waals surface area contributed by atoms with E-state index in [-0.39, 0.29) is 11.7 Å². The summed E-state index contributed by atoms with van der Waals surface area (Å²) in [7, 11) is 0. The molecule has 0 atom stereocenters. The zero-order valence-electron chi connectivity index (χ0n) is 14.6. The van der Waals surface area contributed by atoms with Crippen LogP contribution in [0.25, 0.3) is 11.0 Å². The Morgan fingerprint density at radius 2 is 1.81 bits per heavy atom. The van der Waals surface area contributed by atoms with Crippen LogP contribution in [-0.4, -0.2) is 33.4 Å². The second-order valence-electron chi connectivity index (χ2n) is 6.60. The summed E-state index contributed by atoms with van der Waals surface area (Å²) in [6.07, 6.45) is 3.68. The van der Waals surface area contributed by atoms with Crippen LogP contribution in [-0.2, 0) is 4.79 Å². The Balaban J connectivity index is 1.57. The lowest BCUT2D eigenvalue weighted by Gasteiger charge is -2.32. The number of fused-ring (bicyclic) bond motifs is 1. The lowest BCUT2D eigenvalue weighted by Crippen LogP contribution is -2.37. The fraction of sp³-hybridized carbons (Fsp3) is 0.300. The van der Waals surface area contributed by atoms with Crippen molar-refractivity contribution in [2.75, 3.05) is 13.1 Å². The molecule has 1 aliphatic rings.